The number of rotatable bonds is 3. The third-order valence-electron chi connectivity index (χ3n) is 3.89. The van der Waals surface area contributed by atoms with Crippen LogP contribution in [0.4, 0.5) is 0 Å². The summed E-state index contributed by atoms with van der Waals surface area (Å²) in [5.74, 6) is 0.619. The van der Waals surface area contributed by atoms with Crippen LogP contribution in [0.2, 0.25) is 0 Å². The molecule has 0 aromatic carbocycles. The summed E-state index contributed by atoms with van der Waals surface area (Å²) in [5.41, 5.74) is 0.981. The van der Waals surface area contributed by atoms with Gasteiger partial charge in [-0.05, 0) is 53.2 Å². The molecule has 2 rings (SSSR count). The highest BCUT2D eigenvalue weighted by atomic mass is 79.9. The van der Waals surface area contributed by atoms with E-state index in [0.717, 1.165) is 28.6 Å². The number of hydrogen-bond acceptors (Lipinski definition) is 3. The molecule has 0 spiro atoms. The minimum Gasteiger partial charge on any atom is -0.206 e. The van der Waals surface area contributed by atoms with E-state index in [2.05, 4.69) is 22.9 Å². The van der Waals surface area contributed by atoms with E-state index in [4.69, 9.17) is 0 Å². The lowest BCUT2D eigenvalue weighted by Gasteiger charge is -2.33. The van der Waals surface area contributed by atoms with Gasteiger partial charge in [0.05, 0.1) is 3.79 Å². The largest absolute Gasteiger partial charge is 0.252 e. The molecule has 6 heteroatoms. The van der Waals surface area contributed by atoms with Gasteiger partial charge < -0.3 is 0 Å². The maximum atomic E-state index is 12.6. The lowest BCUT2D eigenvalue weighted by Crippen LogP contribution is -2.39. The lowest BCUT2D eigenvalue weighted by molar-refractivity contribution is 0.239. The predicted octanol–water partition coefficient (Wildman–Crippen LogP) is 4.02. The van der Waals surface area contributed by atoms with Crippen molar-refractivity contribution in [3.63, 3.8) is 0 Å². The van der Waals surface area contributed by atoms with Gasteiger partial charge in [-0.2, -0.15) is 4.31 Å². The monoisotopic (exact) mass is 365 g/mol. The Morgan fingerprint density at radius 1 is 1.42 bits per heavy atom. The van der Waals surface area contributed by atoms with Crippen LogP contribution in [0.5, 0.6) is 0 Å². The molecular formula is C13H20BrNO2S2. The van der Waals surface area contributed by atoms with Crippen LogP contribution in [0.1, 0.15) is 38.2 Å². The Morgan fingerprint density at radius 3 is 2.63 bits per heavy atom. The first-order chi connectivity index (χ1) is 8.82. The molecule has 1 saturated carbocycles. The van der Waals surface area contributed by atoms with Gasteiger partial charge in [0.1, 0.15) is 4.21 Å². The maximum Gasteiger partial charge on any atom is 0.252 e. The molecule has 1 aromatic rings. The van der Waals surface area contributed by atoms with Crippen molar-refractivity contribution in [1.82, 2.24) is 4.31 Å². The molecule has 0 bridgehead atoms. The van der Waals surface area contributed by atoms with Gasteiger partial charge >= 0.3 is 0 Å². The zero-order valence-corrected chi connectivity index (χ0v) is 14.7. The Labute approximate surface area is 128 Å². The Bertz CT molecular complexity index is 533. The van der Waals surface area contributed by atoms with Gasteiger partial charge in [-0.25, -0.2) is 8.42 Å². The molecule has 2 unspecified atom stereocenters. The second-order valence-corrected chi connectivity index (χ2v) is 10.1. The number of aryl methyl sites for hydroxylation is 1. The Balaban J connectivity index is 2.23. The Morgan fingerprint density at radius 2 is 2.11 bits per heavy atom. The quantitative estimate of drug-likeness (QED) is 0.810. The van der Waals surface area contributed by atoms with E-state index in [1.807, 2.05) is 6.92 Å². The van der Waals surface area contributed by atoms with Crippen LogP contribution in [0, 0.1) is 12.8 Å². The van der Waals surface area contributed by atoms with E-state index < -0.39 is 10.0 Å². The van der Waals surface area contributed by atoms with Crippen molar-refractivity contribution in [2.75, 3.05) is 7.05 Å². The summed E-state index contributed by atoms with van der Waals surface area (Å²) < 4.78 is 28.2. The highest BCUT2D eigenvalue weighted by molar-refractivity contribution is 9.11. The third kappa shape index (κ3) is 3.23. The Hall–Kier alpha value is 0.0900. The fraction of sp³-hybridized carbons (Fsp3) is 0.692. The number of nitrogens with zero attached hydrogens (tertiary/aromatic N) is 1. The van der Waals surface area contributed by atoms with Crippen LogP contribution in [-0.4, -0.2) is 25.8 Å². The van der Waals surface area contributed by atoms with Crippen LogP contribution in [0.25, 0.3) is 0 Å². The van der Waals surface area contributed by atoms with Crippen molar-refractivity contribution in [1.29, 1.82) is 0 Å². The average molecular weight is 366 g/mol. The molecule has 2 atom stereocenters. The minimum atomic E-state index is -3.34. The highest BCUT2D eigenvalue weighted by Gasteiger charge is 2.32. The molecule has 0 aliphatic heterocycles. The average Bonchev–Trinajstić information content (AvgIpc) is 2.69. The molecule has 0 radical (unpaired) electrons. The second-order valence-electron chi connectivity index (χ2n) is 5.47. The fourth-order valence-electron chi connectivity index (χ4n) is 2.63. The predicted molar refractivity (Wildman–Crippen MR) is 83.1 cm³/mol. The SMILES string of the molecule is Cc1cc(S(=O)(=O)N(C)C2CCCC(C)C2)sc1Br. The van der Waals surface area contributed by atoms with Crippen molar-refractivity contribution in [2.45, 2.75) is 49.8 Å². The second kappa shape index (κ2) is 5.84. The van der Waals surface area contributed by atoms with E-state index in [9.17, 15) is 8.42 Å². The van der Waals surface area contributed by atoms with Gasteiger partial charge in [-0.15, -0.1) is 11.3 Å². The van der Waals surface area contributed by atoms with Crippen LogP contribution >= 0.6 is 27.3 Å². The van der Waals surface area contributed by atoms with Crippen LogP contribution in [0.3, 0.4) is 0 Å². The van der Waals surface area contributed by atoms with Crippen molar-refractivity contribution >= 4 is 37.3 Å². The fourth-order valence-corrected chi connectivity index (χ4v) is 6.44. The third-order valence-corrected chi connectivity index (χ3v) is 8.39. The van der Waals surface area contributed by atoms with Crippen LogP contribution in [-0.2, 0) is 10.0 Å². The van der Waals surface area contributed by atoms with Crippen molar-refractivity contribution in [3.05, 3.63) is 15.4 Å². The molecule has 19 heavy (non-hydrogen) atoms. The first kappa shape index (κ1) is 15.5. The first-order valence-electron chi connectivity index (χ1n) is 6.56. The maximum absolute atomic E-state index is 12.6. The van der Waals surface area contributed by atoms with E-state index in [1.165, 1.54) is 17.8 Å². The molecule has 0 saturated heterocycles. The van der Waals surface area contributed by atoms with E-state index in [0.29, 0.717) is 10.1 Å². The van der Waals surface area contributed by atoms with E-state index in [1.54, 1.807) is 17.4 Å². The number of halogens is 1. The summed E-state index contributed by atoms with van der Waals surface area (Å²) in [7, 11) is -1.62. The molecular weight excluding hydrogens is 346 g/mol. The normalized spacial score (nSPS) is 24.9. The van der Waals surface area contributed by atoms with Crippen molar-refractivity contribution in [2.24, 2.45) is 5.92 Å². The van der Waals surface area contributed by atoms with Gasteiger partial charge in [0, 0.05) is 13.1 Å². The molecule has 1 fully saturated rings. The summed E-state index contributed by atoms with van der Waals surface area (Å²) in [4.78, 5) is 0. The van der Waals surface area contributed by atoms with Crippen LogP contribution in [0.15, 0.2) is 14.1 Å². The van der Waals surface area contributed by atoms with E-state index >= 15 is 0 Å². The van der Waals surface area contributed by atoms with Gasteiger partial charge in [-0.1, -0.05) is 19.8 Å². The van der Waals surface area contributed by atoms with Gasteiger partial charge in [0.15, 0.2) is 0 Å². The standard InChI is InChI=1S/C13H20BrNO2S2/c1-9-5-4-6-11(7-9)15(3)19(16,17)12-8-10(2)13(14)18-12/h8-9,11H,4-7H2,1-3H3. The molecule has 1 heterocycles. The van der Waals surface area contributed by atoms with Gasteiger partial charge in [0.2, 0.25) is 0 Å². The Kier molecular flexibility index (Phi) is 4.75. The molecule has 3 nitrogen and oxygen atoms in total. The van der Waals surface area contributed by atoms with Gasteiger partial charge in [0.25, 0.3) is 10.0 Å². The number of hydrogen-bond donors (Lipinski definition) is 0. The molecule has 1 aliphatic rings. The summed E-state index contributed by atoms with van der Waals surface area (Å²) in [6, 6.07) is 1.90. The lowest BCUT2D eigenvalue weighted by atomic mass is 9.87. The number of thiophene rings is 1. The first-order valence-corrected chi connectivity index (χ1v) is 9.61. The van der Waals surface area contributed by atoms with Crippen LogP contribution < -0.4 is 0 Å². The molecule has 1 aromatic heterocycles. The summed E-state index contributed by atoms with van der Waals surface area (Å²) >= 11 is 4.70. The van der Waals surface area contributed by atoms with Gasteiger partial charge in [-0.3, -0.25) is 0 Å². The smallest absolute Gasteiger partial charge is 0.206 e. The highest BCUT2D eigenvalue weighted by Crippen LogP contribution is 2.35. The molecule has 0 N–H and O–H groups in total. The van der Waals surface area contributed by atoms with E-state index in [-0.39, 0.29) is 6.04 Å². The summed E-state index contributed by atoms with van der Waals surface area (Å²) in [6.07, 6.45) is 4.29. The summed E-state index contributed by atoms with van der Waals surface area (Å²) in [5, 5.41) is 0. The zero-order valence-electron chi connectivity index (χ0n) is 11.5. The minimum absolute atomic E-state index is 0.148. The zero-order chi connectivity index (χ0) is 14.2. The topological polar surface area (TPSA) is 37.4 Å². The number of sulfonamides is 1. The molecule has 1 aliphatic carbocycles. The molecule has 108 valence electrons. The molecule has 0 amide bonds. The van der Waals surface area contributed by atoms with Crippen molar-refractivity contribution < 1.29 is 8.42 Å². The summed E-state index contributed by atoms with van der Waals surface area (Å²) in [6.45, 7) is 4.13. The van der Waals surface area contributed by atoms with Crippen molar-refractivity contribution in [3.8, 4) is 0 Å².